The molecule has 2 N–H and O–H groups in total. The minimum atomic E-state index is -0.610. The van der Waals surface area contributed by atoms with Gasteiger partial charge in [-0.05, 0) is 48.5 Å². The van der Waals surface area contributed by atoms with Gasteiger partial charge in [0, 0.05) is 14.9 Å². The molecule has 3 rings (SSSR count). The summed E-state index contributed by atoms with van der Waals surface area (Å²) in [6.45, 7) is 0. The number of nitrogens with zero attached hydrogens (tertiary/aromatic N) is 1. The summed E-state index contributed by atoms with van der Waals surface area (Å²) in [5.74, 6) is -0.610. The lowest BCUT2D eigenvalue weighted by Gasteiger charge is -2.02. The second-order valence-corrected chi connectivity index (χ2v) is 5.95. The molecule has 2 aromatic carbocycles. The highest BCUT2D eigenvalue weighted by molar-refractivity contribution is 9.10. The predicted molar refractivity (Wildman–Crippen MR) is 89.1 cm³/mol. The third-order valence-electron chi connectivity index (χ3n) is 3.03. The number of benzene rings is 2. The Hall–Kier alpha value is -2.11. The maximum absolute atomic E-state index is 11.7. The monoisotopic (exact) mass is 376 g/mol. The van der Waals surface area contributed by atoms with Crippen LogP contribution < -0.4 is 11.3 Å². The first kappa shape index (κ1) is 14.8. The second-order valence-electron chi connectivity index (χ2n) is 4.60. The number of carbonyl (C=O) groups excluding carboxylic acids is 1. The Kier molecular flexibility index (Phi) is 4.00. The Labute approximate surface area is 139 Å². The molecule has 0 aliphatic rings. The molecule has 6 heteroatoms. The van der Waals surface area contributed by atoms with Crippen LogP contribution in [0, 0.1) is 0 Å². The van der Waals surface area contributed by atoms with Crippen LogP contribution in [0.3, 0.4) is 0 Å². The van der Waals surface area contributed by atoms with Crippen LogP contribution in [0.15, 0.2) is 62.4 Å². The van der Waals surface area contributed by atoms with Gasteiger partial charge in [-0.3, -0.25) is 4.79 Å². The largest absolute Gasteiger partial charge is 0.438 e. The topological polar surface area (TPSA) is 68.6 Å². The first-order valence-electron chi connectivity index (χ1n) is 6.36. The molecular weight excluding hydrogens is 368 g/mol. The van der Waals surface area contributed by atoms with Gasteiger partial charge in [0.25, 0.3) is 5.91 Å². The van der Waals surface area contributed by atoms with Crippen molar-refractivity contribution in [2.75, 3.05) is 0 Å². The molecule has 1 amide bonds. The number of hydrogen-bond donors (Lipinski definition) is 1. The van der Waals surface area contributed by atoms with Gasteiger partial charge in [0.1, 0.15) is 11.1 Å². The van der Waals surface area contributed by atoms with Gasteiger partial charge in [0.05, 0.1) is 5.69 Å². The van der Waals surface area contributed by atoms with Crippen molar-refractivity contribution in [1.29, 1.82) is 0 Å². The minimum Gasteiger partial charge on any atom is -0.438 e. The fourth-order valence-electron chi connectivity index (χ4n) is 1.99. The smallest absolute Gasteiger partial charge is 0.254 e. The average molecular weight is 378 g/mol. The zero-order valence-corrected chi connectivity index (χ0v) is 13.6. The van der Waals surface area contributed by atoms with Crippen LogP contribution in [0.5, 0.6) is 0 Å². The second kappa shape index (κ2) is 5.94. The molecule has 4 nitrogen and oxygen atoms in total. The molecular formula is C16H10BrClN2O2. The Morgan fingerprint density at radius 3 is 2.55 bits per heavy atom. The summed E-state index contributed by atoms with van der Waals surface area (Å²) in [7, 11) is 0. The molecule has 1 aromatic heterocycles. The maximum Gasteiger partial charge on any atom is 0.254 e. The molecule has 110 valence electrons. The summed E-state index contributed by atoms with van der Waals surface area (Å²) in [4.78, 5) is 16.0. The third-order valence-corrected chi connectivity index (χ3v) is 3.80. The van der Waals surface area contributed by atoms with Crippen LogP contribution in [-0.4, -0.2) is 5.91 Å². The third kappa shape index (κ3) is 3.05. The van der Waals surface area contributed by atoms with Crippen LogP contribution in [0.25, 0.3) is 11.0 Å². The molecule has 0 saturated heterocycles. The Morgan fingerprint density at radius 1 is 1.14 bits per heavy atom. The van der Waals surface area contributed by atoms with Crippen molar-refractivity contribution < 1.29 is 9.21 Å². The van der Waals surface area contributed by atoms with Crippen molar-refractivity contribution in [3.63, 3.8) is 0 Å². The van der Waals surface area contributed by atoms with E-state index in [2.05, 4.69) is 20.9 Å². The Morgan fingerprint density at radius 2 is 1.86 bits per heavy atom. The van der Waals surface area contributed by atoms with Crippen molar-refractivity contribution in [1.82, 2.24) is 0 Å². The summed E-state index contributed by atoms with van der Waals surface area (Å²) in [6.07, 6.45) is 0. The zero-order valence-electron chi connectivity index (χ0n) is 11.2. The molecule has 0 aliphatic carbocycles. The van der Waals surface area contributed by atoms with Gasteiger partial charge in [0.15, 0.2) is 0 Å². The van der Waals surface area contributed by atoms with Crippen molar-refractivity contribution in [2.45, 2.75) is 0 Å². The molecule has 0 bridgehead atoms. The first-order chi connectivity index (χ1) is 10.5. The van der Waals surface area contributed by atoms with Gasteiger partial charge in [0.2, 0.25) is 5.55 Å². The summed E-state index contributed by atoms with van der Waals surface area (Å²) in [5, 5.41) is 1.24. The number of amides is 1. The summed E-state index contributed by atoms with van der Waals surface area (Å²) < 4.78 is 6.64. The molecule has 3 aromatic rings. The number of halogens is 2. The summed E-state index contributed by atoms with van der Waals surface area (Å²) in [5.41, 5.74) is 7.03. The van der Waals surface area contributed by atoms with E-state index >= 15 is 0 Å². The van der Waals surface area contributed by atoms with E-state index in [1.807, 2.05) is 12.1 Å². The van der Waals surface area contributed by atoms with Crippen molar-refractivity contribution >= 4 is 50.1 Å². The zero-order chi connectivity index (χ0) is 15.7. The molecule has 0 saturated carbocycles. The van der Waals surface area contributed by atoms with E-state index in [0.29, 0.717) is 21.7 Å². The van der Waals surface area contributed by atoms with Gasteiger partial charge < -0.3 is 10.2 Å². The van der Waals surface area contributed by atoms with E-state index in [0.717, 1.165) is 4.47 Å². The SMILES string of the molecule is NC(=O)c1cc2cc(Cl)ccc2oc1=Nc1ccc(Br)cc1. The number of hydrogen-bond acceptors (Lipinski definition) is 3. The lowest BCUT2D eigenvalue weighted by atomic mass is 10.2. The molecule has 0 radical (unpaired) electrons. The standard InChI is InChI=1S/C16H10BrClN2O2/c17-10-1-4-12(5-2-10)20-16-13(15(19)21)8-9-7-11(18)3-6-14(9)22-16/h1-8H,(H2,19,21). The van der Waals surface area contributed by atoms with Gasteiger partial charge in [-0.15, -0.1) is 0 Å². The number of carbonyl (C=O) groups is 1. The van der Waals surface area contributed by atoms with Gasteiger partial charge >= 0.3 is 0 Å². The highest BCUT2D eigenvalue weighted by Gasteiger charge is 2.09. The van der Waals surface area contributed by atoms with Crippen LogP contribution in [-0.2, 0) is 0 Å². The fraction of sp³-hybridized carbons (Fsp3) is 0. The molecule has 0 atom stereocenters. The number of fused-ring (bicyclic) bond motifs is 1. The van der Waals surface area contributed by atoms with E-state index in [4.69, 9.17) is 21.8 Å². The van der Waals surface area contributed by atoms with Gasteiger partial charge in [-0.1, -0.05) is 27.5 Å². The van der Waals surface area contributed by atoms with Crippen LogP contribution >= 0.6 is 27.5 Å². The van der Waals surface area contributed by atoms with Crippen molar-refractivity contribution in [3.8, 4) is 0 Å². The highest BCUT2D eigenvalue weighted by atomic mass is 79.9. The van der Waals surface area contributed by atoms with Gasteiger partial charge in [-0.25, -0.2) is 4.99 Å². The van der Waals surface area contributed by atoms with E-state index in [1.165, 1.54) is 0 Å². The molecule has 0 spiro atoms. The lowest BCUT2D eigenvalue weighted by molar-refractivity contribution is 0.0996. The molecule has 0 unspecified atom stereocenters. The van der Waals surface area contributed by atoms with Crippen LogP contribution in [0.4, 0.5) is 5.69 Å². The van der Waals surface area contributed by atoms with Crippen molar-refractivity contribution in [2.24, 2.45) is 10.7 Å². The summed E-state index contributed by atoms with van der Waals surface area (Å²) >= 11 is 9.31. The predicted octanol–water partition coefficient (Wildman–Crippen LogP) is 4.18. The highest BCUT2D eigenvalue weighted by Crippen LogP contribution is 2.20. The molecule has 0 aliphatic heterocycles. The molecule has 22 heavy (non-hydrogen) atoms. The fourth-order valence-corrected chi connectivity index (χ4v) is 2.44. The van der Waals surface area contributed by atoms with E-state index < -0.39 is 5.91 Å². The van der Waals surface area contributed by atoms with Crippen LogP contribution in [0.1, 0.15) is 10.4 Å². The number of nitrogens with two attached hydrogens (primary N) is 1. The van der Waals surface area contributed by atoms with Crippen LogP contribution in [0.2, 0.25) is 5.02 Å². The molecule has 0 fully saturated rings. The quantitative estimate of drug-likeness (QED) is 0.728. The van der Waals surface area contributed by atoms with Crippen molar-refractivity contribution in [3.05, 3.63) is 69.1 Å². The average Bonchev–Trinajstić information content (AvgIpc) is 2.49. The first-order valence-corrected chi connectivity index (χ1v) is 7.53. The van der Waals surface area contributed by atoms with Gasteiger partial charge in [-0.2, -0.15) is 0 Å². The van der Waals surface area contributed by atoms with E-state index in [9.17, 15) is 4.79 Å². The lowest BCUT2D eigenvalue weighted by Crippen LogP contribution is -2.21. The Balaban J connectivity index is 2.27. The number of rotatable bonds is 2. The van der Waals surface area contributed by atoms with E-state index in [1.54, 1.807) is 36.4 Å². The Bertz CT molecular complexity index is 933. The summed E-state index contributed by atoms with van der Waals surface area (Å²) in [6, 6.07) is 14.1. The normalized spacial score (nSPS) is 11.8. The maximum atomic E-state index is 11.7. The number of primary amides is 1. The minimum absolute atomic E-state index is 0.171. The van der Waals surface area contributed by atoms with E-state index in [-0.39, 0.29) is 11.1 Å². The molecule has 1 heterocycles.